The molecule has 0 spiro atoms. The third-order valence-electron chi connectivity index (χ3n) is 4.35. The molecule has 2 heterocycles. The van der Waals surface area contributed by atoms with Gasteiger partial charge in [-0.3, -0.25) is 19.8 Å². The predicted molar refractivity (Wildman–Crippen MR) is 84.6 cm³/mol. The maximum Gasteiger partial charge on any atom is 0.344 e. The highest BCUT2D eigenvalue weighted by Gasteiger charge is 2.47. The third kappa shape index (κ3) is 4.47. The average Bonchev–Trinajstić information content (AvgIpc) is 2.97. The quantitative estimate of drug-likeness (QED) is 0.453. The highest BCUT2D eigenvalue weighted by atomic mass is 32.2. The summed E-state index contributed by atoms with van der Waals surface area (Å²) in [5, 5.41) is 3.02. The first kappa shape index (κ1) is 19.2. The van der Waals surface area contributed by atoms with Gasteiger partial charge in [0.1, 0.15) is 5.54 Å². The van der Waals surface area contributed by atoms with Crippen LogP contribution in [0.15, 0.2) is 0 Å². The van der Waals surface area contributed by atoms with Crippen molar-refractivity contribution in [2.75, 3.05) is 18.1 Å². The lowest BCUT2D eigenvalue weighted by molar-refractivity contribution is -0.151. The van der Waals surface area contributed by atoms with Gasteiger partial charge < -0.3 is 10.1 Å². The minimum absolute atomic E-state index is 0.0494. The molecule has 0 bridgehead atoms. The van der Waals surface area contributed by atoms with E-state index in [0.29, 0.717) is 17.9 Å². The third-order valence-corrected chi connectivity index (χ3v) is 6.19. The summed E-state index contributed by atoms with van der Waals surface area (Å²) in [6, 6.07) is -0.759. The predicted octanol–water partition coefficient (Wildman–Crippen LogP) is -0.894. The number of esters is 1. The molecule has 0 radical (unpaired) electrons. The molecule has 0 aliphatic carbocycles. The molecule has 2 unspecified atom stereocenters. The van der Waals surface area contributed by atoms with Gasteiger partial charge in [0.15, 0.2) is 16.4 Å². The fraction of sp³-hybridized carbons (Fsp3) is 0.714. The lowest BCUT2D eigenvalue weighted by Crippen LogP contribution is -2.49. The second-order valence-corrected chi connectivity index (χ2v) is 8.65. The molecule has 25 heavy (non-hydrogen) atoms. The van der Waals surface area contributed by atoms with Gasteiger partial charge in [0.05, 0.1) is 11.5 Å². The molecule has 4 amide bonds. The Kier molecular flexibility index (Phi) is 5.35. The molecule has 0 aromatic heterocycles. The Morgan fingerprint density at radius 3 is 2.60 bits per heavy atom. The Hall–Kier alpha value is -2.17. The molecule has 0 aromatic carbocycles. The number of carbonyl (C=O) groups excluding carboxylic acids is 4. The summed E-state index contributed by atoms with van der Waals surface area (Å²) >= 11 is 0. The highest BCUT2D eigenvalue weighted by Crippen LogP contribution is 2.22. The summed E-state index contributed by atoms with van der Waals surface area (Å²) in [6.45, 7) is 2.59. The molecule has 2 rings (SSSR count). The molecule has 2 saturated heterocycles. The van der Waals surface area contributed by atoms with E-state index in [1.165, 1.54) is 6.92 Å². The molecule has 2 aliphatic heterocycles. The molecule has 2 aliphatic rings. The molecule has 0 aromatic rings. The summed E-state index contributed by atoms with van der Waals surface area (Å²) in [6.07, 6.45) is 0.647. The zero-order valence-electron chi connectivity index (χ0n) is 14.0. The minimum Gasteiger partial charge on any atom is -0.455 e. The number of sulfone groups is 1. The number of nitrogens with zero attached hydrogens (tertiary/aromatic N) is 1. The van der Waals surface area contributed by atoms with Gasteiger partial charge in [-0.05, 0) is 25.7 Å². The van der Waals surface area contributed by atoms with Crippen molar-refractivity contribution in [3.05, 3.63) is 0 Å². The van der Waals surface area contributed by atoms with Crippen molar-refractivity contribution in [2.45, 2.75) is 38.6 Å². The van der Waals surface area contributed by atoms with Crippen LogP contribution < -0.4 is 10.7 Å². The van der Waals surface area contributed by atoms with Gasteiger partial charge in [0, 0.05) is 6.42 Å². The van der Waals surface area contributed by atoms with Crippen molar-refractivity contribution in [1.82, 2.24) is 15.8 Å². The summed E-state index contributed by atoms with van der Waals surface area (Å²) in [5.41, 5.74) is 1.00. The van der Waals surface area contributed by atoms with Crippen molar-refractivity contribution in [1.29, 1.82) is 0 Å². The Balaban J connectivity index is 1.78. The molecule has 140 valence electrons. The Morgan fingerprint density at radius 1 is 1.40 bits per heavy atom. The first-order valence-corrected chi connectivity index (χ1v) is 9.70. The normalized spacial score (nSPS) is 27.9. The van der Waals surface area contributed by atoms with Gasteiger partial charge in [-0.1, -0.05) is 6.92 Å². The number of imide groups is 1. The Bertz CT molecular complexity index is 705. The van der Waals surface area contributed by atoms with E-state index in [0.717, 1.165) is 0 Å². The van der Waals surface area contributed by atoms with Crippen LogP contribution in [0.3, 0.4) is 0 Å². The van der Waals surface area contributed by atoms with Crippen LogP contribution in [-0.4, -0.2) is 60.9 Å². The second-order valence-electron chi connectivity index (χ2n) is 6.43. The van der Waals surface area contributed by atoms with Crippen molar-refractivity contribution in [2.24, 2.45) is 5.92 Å². The van der Waals surface area contributed by atoms with Gasteiger partial charge in [0.2, 0.25) is 0 Å². The van der Waals surface area contributed by atoms with Crippen LogP contribution in [0.4, 0.5) is 4.79 Å². The molecule has 0 saturated carbocycles. The van der Waals surface area contributed by atoms with E-state index in [1.807, 2.05) is 0 Å². The molecule has 2 atom stereocenters. The van der Waals surface area contributed by atoms with Crippen LogP contribution in [0.2, 0.25) is 0 Å². The number of rotatable bonds is 6. The second kappa shape index (κ2) is 6.98. The smallest absolute Gasteiger partial charge is 0.344 e. The zero-order valence-corrected chi connectivity index (χ0v) is 14.8. The minimum atomic E-state index is -3.09. The molecule has 2 fully saturated rings. The van der Waals surface area contributed by atoms with E-state index in [4.69, 9.17) is 4.74 Å². The standard InChI is InChI=1S/C14H21N3O7S/c1-3-14(2)12(20)17(13(21)15-14)16-10(18)7-24-11(19)6-9-4-5-25(22,23)8-9/h9H,3-8H2,1-2H3,(H,15,21)(H,16,18). The van der Waals surface area contributed by atoms with Crippen LogP contribution in [-0.2, 0) is 29.0 Å². The zero-order chi connectivity index (χ0) is 18.8. The lowest BCUT2D eigenvalue weighted by Gasteiger charge is -2.19. The van der Waals surface area contributed by atoms with Crippen molar-refractivity contribution in [3.63, 3.8) is 0 Å². The van der Waals surface area contributed by atoms with Gasteiger partial charge in [-0.25, -0.2) is 13.2 Å². The number of nitrogens with one attached hydrogen (secondary N) is 2. The number of ether oxygens (including phenoxy) is 1. The number of amides is 4. The monoisotopic (exact) mass is 375 g/mol. The first-order valence-electron chi connectivity index (χ1n) is 7.88. The fourth-order valence-corrected chi connectivity index (χ4v) is 4.52. The maximum atomic E-state index is 12.1. The van der Waals surface area contributed by atoms with Crippen LogP contribution in [0.5, 0.6) is 0 Å². The Labute approximate surface area is 145 Å². The molecule has 11 heteroatoms. The molecule has 10 nitrogen and oxygen atoms in total. The number of carbonyl (C=O) groups is 4. The molecular formula is C14H21N3O7S. The first-order chi connectivity index (χ1) is 11.6. The number of hydrogen-bond acceptors (Lipinski definition) is 7. The van der Waals surface area contributed by atoms with E-state index < -0.39 is 45.8 Å². The molecular weight excluding hydrogens is 354 g/mol. The average molecular weight is 375 g/mol. The van der Waals surface area contributed by atoms with Gasteiger partial charge in [-0.15, -0.1) is 0 Å². The van der Waals surface area contributed by atoms with Crippen LogP contribution in [0.25, 0.3) is 0 Å². The number of hydrazine groups is 1. The SMILES string of the molecule is CCC1(C)NC(=O)N(NC(=O)COC(=O)CC2CCS(=O)(=O)C2)C1=O. The van der Waals surface area contributed by atoms with Gasteiger partial charge >= 0.3 is 12.0 Å². The van der Waals surface area contributed by atoms with Gasteiger partial charge in [-0.2, -0.15) is 5.01 Å². The Morgan fingerprint density at radius 2 is 2.08 bits per heavy atom. The summed E-state index contributed by atoms with van der Waals surface area (Å²) in [4.78, 5) is 47.3. The van der Waals surface area contributed by atoms with Gasteiger partial charge in [0.25, 0.3) is 11.8 Å². The van der Waals surface area contributed by atoms with Crippen LogP contribution >= 0.6 is 0 Å². The van der Waals surface area contributed by atoms with E-state index in [9.17, 15) is 27.6 Å². The van der Waals surface area contributed by atoms with Crippen molar-refractivity contribution >= 4 is 33.7 Å². The maximum absolute atomic E-state index is 12.1. The number of urea groups is 1. The topological polar surface area (TPSA) is 139 Å². The van der Waals surface area contributed by atoms with E-state index in [-0.39, 0.29) is 23.8 Å². The van der Waals surface area contributed by atoms with Crippen molar-refractivity contribution < 1.29 is 32.3 Å². The van der Waals surface area contributed by atoms with Crippen LogP contribution in [0.1, 0.15) is 33.1 Å². The van der Waals surface area contributed by atoms with E-state index >= 15 is 0 Å². The van der Waals surface area contributed by atoms with Crippen molar-refractivity contribution in [3.8, 4) is 0 Å². The van der Waals surface area contributed by atoms with Crippen LogP contribution in [0, 0.1) is 5.92 Å². The molecule has 2 N–H and O–H groups in total. The highest BCUT2D eigenvalue weighted by molar-refractivity contribution is 7.91. The fourth-order valence-electron chi connectivity index (χ4n) is 2.66. The lowest BCUT2D eigenvalue weighted by atomic mass is 10.00. The summed E-state index contributed by atoms with van der Waals surface area (Å²) in [7, 11) is -3.09. The number of hydrogen-bond donors (Lipinski definition) is 2. The van der Waals surface area contributed by atoms with E-state index in [2.05, 4.69) is 10.7 Å². The van der Waals surface area contributed by atoms with E-state index in [1.54, 1.807) is 6.92 Å². The summed E-state index contributed by atoms with van der Waals surface area (Å²) in [5.74, 6) is -2.46. The largest absolute Gasteiger partial charge is 0.455 e. The summed E-state index contributed by atoms with van der Waals surface area (Å²) < 4.78 is 27.4.